The first-order chi connectivity index (χ1) is 12.1. The standard InChI is InChI=1S/C19H15N3O2S/c1-12-3-6-14(7-4-12)8-10-17-20-19-22(21-17)18(23)16(25-19)11-15-9-5-13(2)24-15/h3-11H,1-2H3/b10-8+,16-11+. The maximum absolute atomic E-state index is 12.4. The van der Waals surface area contributed by atoms with Gasteiger partial charge in [0.1, 0.15) is 16.1 Å². The lowest BCUT2D eigenvalue weighted by Gasteiger charge is -1.93. The highest BCUT2D eigenvalue weighted by atomic mass is 32.1. The summed E-state index contributed by atoms with van der Waals surface area (Å²) in [7, 11) is 0. The number of nitrogens with zero attached hydrogens (tertiary/aromatic N) is 3. The van der Waals surface area contributed by atoms with Crippen LogP contribution in [0.25, 0.3) is 23.2 Å². The van der Waals surface area contributed by atoms with Crippen LogP contribution in [-0.4, -0.2) is 14.6 Å². The summed E-state index contributed by atoms with van der Waals surface area (Å²) in [5, 5.41) is 4.28. The summed E-state index contributed by atoms with van der Waals surface area (Å²) in [6.07, 6.45) is 5.46. The highest BCUT2D eigenvalue weighted by Crippen LogP contribution is 2.10. The van der Waals surface area contributed by atoms with Gasteiger partial charge in [0.25, 0.3) is 5.56 Å². The van der Waals surface area contributed by atoms with E-state index in [1.165, 1.54) is 21.4 Å². The highest BCUT2D eigenvalue weighted by molar-refractivity contribution is 7.15. The number of thiazole rings is 1. The number of furan rings is 1. The molecular weight excluding hydrogens is 334 g/mol. The molecule has 0 amide bonds. The van der Waals surface area contributed by atoms with E-state index in [2.05, 4.69) is 10.1 Å². The number of fused-ring (bicyclic) bond motifs is 1. The maximum atomic E-state index is 12.4. The second kappa shape index (κ2) is 6.14. The molecule has 0 saturated carbocycles. The van der Waals surface area contributed by atoms with Gasteiger partial charge in [-0.05, 0) is 37.6 Å². The zero-order valence-corrected chi connectivity index (χ0v) is 14.6. The normalized spacial score (nSPS) is 12.6. The predicted octanol–water partition coefficient (Wildman–Crippen LogP) is 3.08. The van der Waals surface area contributed by atoms with Gasteiger partial charge in [-0.3, -0.25) is 4.79 Å². The van der Waals surface area contributed by atoms with E-state index >= 15 is 0 Å². The van der Waals surface area contributed by atoms with Gasteiger partial charge in [-0.2, -0.15) is 9.50 Å². The minimum absolute atomic E-state index is 0.184. The molecule has 4 aromatic rings. The second-order valence-electron chi connectivity index (χ2n) is 5.77. The molecule has 3 aromatic heterocycles. The molecular formula is C19H15N3O2S. The molecule has 124 valence electrons. The van der Waals surface area contributed by atoms with Gasteiger partial charge in [0.05, 0.1) is 0 Å². The van der Waals surface area contributed by atoms with Gasteiger partial charge in [0.2, 0.25) is 4.96 Å². The van der Waals surface area contributed by atoms with Crippen LogP contribution in [0.1, 0.15) is 28.5 Å². The Morgan fingerprint density at radius 2 is 1.88 bits per heavy atom. The van der Waals surface area contributed by atoms with E-state index in [-0.39, 0.29) is 5.56 Å². The molecule has 0 fully saturated rings. The Balaban J connectivity index is 1.67. The molecule has 0 N–H and O–H groups in total. The predicted molar refractivity (Wildman–Crippen MR) is 99.5 cm³/mol. The van der Waals surface area contributed by atoms with Crippen LogP contribution in [0, 0.1) is 13.8 Å². The van der Waals surface area contributed by atoms with Crippen LogP contribution < -0.4 is 10.1 Å². The molecule has 1 aromatic carbocycles. The molecule has 0 aliphatic rings. The van der Waals surface area contributed by atoms with Crippen molar-refractivity contribution in [2.45, 2.75) is 13.8 Å². The summed E-state index contributed by atoms with van der Waals surface area (Å²) < 4.78 is 7.37. The van der Waals surface area contributed by atoms with Gasteiger partial charge in [0.15, 0.2) is 5.82 Å². The van der Waals surface area contributed by atoms with Crippen LogP contribution in [0.3, 0.4) is 0 Å². The van der Waals surface area contributed by atoms with E-state index in [0.717, 1.165) is 11.3 Å². The molecule has 0 aliphatic carbocycles. The van der Waals surface area contributed by atoms with Gasteiger partial charge in [0, 0.05) is 6.08 Å². The molecule has 4 rings (SSSR count). The number of hydrogen-bond donors (Lipinski definition) is 0. The van der Waals surface area contributed by atoms with Crippen LogP contribution in [0.2, 0.25) is 0 Å². The molecule has 0 spiro atoms. The lowest BCUT2D eigenvalue weighted by Crippen LogP contribution is -2.23. The average Bonchev–Trinajstić information content (AvgIpc) is 3.25. The van der Waals surface area contributed by atoms with Crippen molar-refractivity contribution in [3.63, 3.8) is 0 Å². The van der Waals surface area contributed by atoms with Crippen LogP contribution in [0.4, 0.5) is 0 Å². The summed E-state index contributed by atoms with van der Waals surface area (Å²) in [5.41, 5.74) is 2.09. The van der Waals surface area contributed by atoms with Gasteiger partial charge >= 0.3 is 0 Å². The van der Waals surface area contributed by atoms with Gasteiger partial charge < -0.3 is 4.42 Å². The summed E-state index contributed by atoms with van der Waals surface area (Å²) in [4.78, 5) is 17.4. The summed E-state index contributed by atoms with van der Waals surface area (Å²) in [6.45, 7) is 3.91. The lowest BCUT2D eigenvalue weighted by molar-refractivity contribution is 0.525. The summed E-state index contributed by atoms with van der Waals surface area (Å²) >= 11 is 1.30. The van der Waals surface area contributed by atoms with Crippen LogP contribution >= 0.6 is 11.3 Å². The quantitative estimate of drug-likeness (QED) is 0.570. The minimum atomic E-state index is -0.184. The Morgan fingerprint density at radius 1 is 1.08 bits per heavy atom. The molecule has 0 atom stereocenters. The Labute approximate surface area is 147 Å². The molecule has 3 heterocycles. The molecule has 6 heteroatoms. The summed E-state index contributed by atoms with van der Waals surface area (Å²) in [5.74, 6) is 1.98. The van der Waals surface area contributed by atoms with E-state index in [9.17, 15) is 4.79 Å². The van der Waals surface area contributed by atoms with Crippen molar-refractivity contribution in [1.29, 1.82) is 0 Å². The second-order valence-corrected chi connectivity index (χ2v) is 6.78. The fourth-order valence-corrected chi connectivity index (χ4v) is 3.32. The SMILES string of the molecule is Cc1ccc(/C=C/c2nc3s/c(=C/c4ccc(C)o4)c(=O)n3n2)cc1. The molecule has 5 nitrogen and oxygen atoms in total. The third-order valence-corrected chi connectivity index (χ3v) is 4.69. The van der Waals surface area contributed by atoms with E-state index < -0.39 is 0 Å². The largest absolute Gasteiger partial charge is 0.462 e. The lowest BCUT2D eigenvalue weighted by atomic mass is 10.1. The van der Waals surface area contributed by atoms with Crippen LogP contribution in [0.15, 0.2) is 45.6 Å². The smallest absolute Gasteiger partial charge is 0.291 e. The van der Waals surface area contributed by atoms with E-state index in [1.807, 2.05) is 62.4 Å². The zero-order valence-electron chi connectivity index (χ0n) is 13.8. The first-order valence-electron chi connectivity index (χ1n) is 7.81. The van der Waals surface area contributed by atoms with E-state index in [4.69, 9.17) is 4.42 Å². The molecule has 25 heavy (non-hydrogen) atoms. The maximum Gasteiger partial charge on any atom is 0.291 e. The zero-order chi connectivity index (χ0) is 17.4. The fourth-order valence-electron chi connectivity index (χ4n) is 2.43. The van der Waals surface area contributed by atoms with Gasteiger partial charge in [-0.1, -0.05) is 47.2 Å². The third-order valence-electron chi connectivity index (χ3n) is 3.73. The molecule has 0 bridgehead atoms. The Bertz CT molecular complexity index is 1180. The minimum Gasteiger partial charge on any atom is -0.462 e. The topological polar surface area (TPSA) is 60.4 Å². The van der Waals surface area contributed by atoms with Crippen LogP contribution in [0.5, 0.6) is 0 Å². The number of rotatable bonds is 3. The van der Waals surface area contributed by atoms with E-state index in [0.29, 0.717) is 21.1 Å². The van der Waals surface area contributed by atoms with Gasteiger partial charge in [-0.15, -0.1) is 5.10 Å². The van der Waals surface area contributed by atoms with E-state index in [1.54, 1.807) is 6.08 Å². The Kier molecular flexibility index (Phi) is 3.82. The highest BCUT2D eigenvalue weighted by Gasteiger charge is 2.09. The fraction of sp³-hybridized carbons (Fsp3) is 0.105. The van der Waals surface area contributed by atoms with Crippen molar-refractivity contribution in [3.05, 3.63) is 79.8 Å². The molecule has 0 unspecified atom stereocenters. The number of hydrogen-bond acceptors (Lipinski definition) is 5. The number of aromatic nitrogens is 3. The Morgan fingerprint density at radius 3 is 2.56 bits per heavy atom. The Hall–Kier alpha value is -2.99. The molecule has 0 radical (unpaired) electrons. The summed E-state index contributed by atoms with van der Waals surface area (Å²) in [6, 6.07) is 11.9. The number of aryl methyl sites for hydroxylation is 2. The van der Waals surface area contributed by atoms with Crippen molar-refractivity contribution < 1.29 is 4.42 Å². The average molecular weight is 349 g/mol. The van der Waals surface area contributed by atoms with Crippen molar-refractivity contribution in [2.24, 2.45) is 0 Å². The van der Waals surface area contributed by atoms with Crippen LogP contribution in [-0.2, 0) is 0 Å². The van der Waals surface area contributed by atoms with Crippen molar-refractivity contribution in [2.75, 3.05) is 0 Å². The first kappa shape index (κ1) is 15.5. The van der Waals surface area contributed by atoms with Gasteiger partial charge in [-0.25, -0.2) is 0 Å². The third kappa shape index (κ3) is 3.16. The molecule has 0 aliphatic heterocycles. The van der Waals surface area contributed by atoms with Crippen molar-refractivity contribution in [3.8, 4) is 0 Å². The number of benzene rings is 1. The van der Waals surface area contributed by atoms with Crippen molar-refractivity contribution in [1.82, 2.24) is 14.6 Å². The first-order valence-corrected chi connectivity index (χ1v) is 8.63. The van der Waals surface area contributed by atoms with Crippen molar-refractivity contribution >= 4 is 34.5 Å². The monoisotopic (exact) mass is 349 g/mol. The molecule has 0 saturated heterocycles.